The zero-order valence-corrected chi connectivity index (χ0v) is 8.20. The predicted octanol–water partition coefficient (Wildman–Crippen LogP) is 1.40. The molecule has 14 heavy (non-hydrogen) atoms. The van der Waals surface area contributed by atoms with Crippen LogP contribution in [0, 0.1) is 0 Å². The van der Waals surface area contributed by atoms with Gasteiger partial charge in [0.05, 0.1) is 0 Å². The fourth-order valence-electron chi connectivity index (χ4n) is 1.32. The number of hydrogen-bond donors (Lipinski definition) is 2. The first-order valence-electron chi connectivity index (χ1n) is 5.06. The Morgan fingerprint density at radius 1 is 1.43 bits per heavy atom. The Bertz CT molecular complexity index is 297. The lowest BCUT2D eigenvalue weighted by Gasteiger charge is -2.06. The van der Waals surface area contributed by atoms with E-state index in [9.17, 15) is 0 Å². The van der Waals surface area contributed by atoms with E-state index in [0.717, 1.165) is 24.0 Å². The number of benzene rings is 1. The van der Waals surface area contributed by atoms with Crippen molar-refractivity contribution in [1.82, 2.24) is 5.32 Å². The molecule has 1 aromatic rings. The molecule has 0 bridgehead atoms. The maximum absolute atomic E-state index is 5.63. The molecule has 76 valence electrons. The van der Waals surface area contributed by atoms with Gasteiger partial charge in [-0.1, -0.05) is 6.07 Å². The van der Waals surface area contributed by atoms with Crippen LogP contribution in [0.15, 0.2) is 24.3 Å². The summed E-state index contributed by atoms with van der Waals surface area (Å²) in [6.07, 6.45) is 2.64. The molecule has 1 saturated carbocycles. The van der Waals surface area contributed by atoms with Crippen LogP contribution in [0.5, 0.6) is 5.75 Å². The Hall–Kier alpha value is -1.22. The van der Waals surface area contributed by atoms with E-state index in [-0.39, 0.29) is 0 Å². The molecule has 0 heterocycles. The summed E-state index contributed by atoms with van der Waals surface area (Å²) >= 11 is 0. The van der Waals surface area contributed by atoms with Gasteiger partial charge in [-0.15, -0.1) is 0 Å². The Kier molecular flexibility index (Phi) is 2.89. The van der Waals surface area contributed by atoms with Crippen LogP contribution >= 0.6 is 0 Å². The monoisotopic (exact) mass is 192 g/mol. The van der Waals surface area contributed by atoms with Crippen molar-refractivity contribution in [2.75, 3.05) is 18.9 Å². The highest BCUT2D eigenvalue weighted by atomic mass is 16.5. The highest BCUT2D eigenvalue weighted by Gasteiger charge is 2.19. The van der Waals surface area contributed by atoms with Crippen molar-refractivity contribution in [1.29, 1.82) is 0 Å². The molecule has 0 spiro atoms. The molecule has 0 radical (unpaired) electrons. The van der Waals surface area contributed by atoms with Crippen LogP contribution in [0.1, 0.15) is 12.8 Å². The standard InChI is InChI=1S/C11H16N2O/c12-9-2-1-3-11(8-9)14-7-6-13-10-4-5-10/h1-3,8,10,13H,4-7,12H2. The van der Waals surface area contributed by atoms with Crippen LogP contribution in [-0.4, -0.2) is 19.2 Å². The van der Waals surface area contributed by atoms with E-state index < -0.39 is 0 Å². The van der Waals surface area contributed by atoms with Crippen molar-refractivity contribution in [2.45, 2.75) is 18.9 Å². The largest absolute Gasteiger partial charge is 0.492 e. The smallest absolute Gasteiger partial charge is 0.121 e. The van der Waals surface area contributed by atoms with Gasteiger partial charge in [-0.3, -0.25) is 0 Å². The van der Waals surface area contributed by atoms with Crippen molar-refractivity contribution in [3.63, 3.8) is 0 Å². The third-order valence-electron chi connectivity index (χ3n) is 2.24. The van der Waals surface area contributed by atoms with Crippen molar-refractivity contribution in [3.8, 4) is 5.75 Å². The van der Waals surface area contributed by atoms with E-state index in [1.165, 1.54) is 12.8 Å². The van der Waals surface area contributed by atoms with E-state index in [4.69, 9.17) is 10.5 Å². The zero-order valence-electron chi connectivity index (χ0n) is 8.20. The van der Waals surface area contributed by atoms with Gasteiger partial charge in [-0.2, -0.15) is 0 Å². The lowest BCUT2D eigenvalue weighted by molar-refractivity contribution is 0.313. The Balaban J connectivity index is 1.68. The zero-order chi connectivity index (χ0) is 9.80. The summed E-state index contributed by atoms with van der Waals surface area (Å²) in [4.78, 5) is 0. The minimum atomic E-state index is 0.708. The minimum absolute atomic E-state index is 0.708. The average molecular weight is 192 g/mol. The highest BCUT2D eigenvalue weighted by Crippen LogP contribution is 2.18. The first-order valence-corrected chi connectivity index (χ1v) is 5.06. The fourth-order valence-corrected chi connectivity index (χ4v) is 1.32. The molecular weight excluding hydrogens is 176 g/mol. The van der Waals surface area contributed by atoms with Gasteiger partial charge >= 0.3 is 0 Å². The summed E-state index contributed by atoms with van der Waals surface area (Å²) in [5.41, 5.74) is 6.37. The average Bonchev–Trinajstić information content (AvgIpc) is 2.96. The van der Waals surface area contributed by atoms with Crippen LogP contribution in [0.25, 0.3) is 0 Å². The molecule has 2 rings (SSSR count). The van der Waals surface area contributed by atoms with Gasteiger partial charge in [0.2, 0.25) is 0 Å². The van der Waals surface area contributed by atoms with E-state index in [1.807, 2.05) is 24.3 Å². The quantitative estimate of drug-likeness (QED) is 0.547. The van der Waals surface area contributed by atoms with Crippen LogP contribution in [0.2, 0.25) is 0 Å². The lowest BCUT2D eigenvalue weighted by atomic mass is 10.3. The molecule has 0 aliphatic heterocycles. The molecule has 0 saturated heterocycles. The summed E-state index contributed by atoms with van der Waals surface area (Å²) in [5, 5.41) is 3.39. The third kappa shape index (κ3) is 2.92. The van der Waals surface area contributed by atoms with Crippen molar-refractivity contribution in [3.05, 3.63) is 24.3 Å². The maximum Gasteiger partial charge on any atom is 0.121 e. The number of hydrogen-bond acceptors (Lipinski definition) is 3. The molecule has 3 nitrogen and oxygen atoms in total. The molecule has 1 fully saturated rings. The third-order valence-corrected chi connectivity index (χ3v) is 2.24. The number of rotatable bonds is 5. The number of nitrogen functional groups attached to an aromatic ring is 1. The lowest BCUT2D eigenvalue weighted by Crippen LogP contribution is -2.22. The van der Waals surface area contributed by atoms with E-state index in [2.05, 4.69) is 5.32 Å². The molecule has 1 aromatic carbocycles. The molecule has 1 aliphatic rings. The summed E-state index contributed by atoms with van der Waals surface area (Å²) in [6.45, 7) is 1.62. The SMILES string of the molecule is Nc1cccc(OCCNC2CC2)c1. The fraction of sp³-hybridized carbons (Fsp3) is 0.455. The molecule has 3 N–H and O–H groups in total. The molecule has 0 aromatic heterocycles. The summed E-state index contributed by atoms with van der Waals surface area (Å²) in [5.74, 6) is 0.850. The maximum atomic E-state index is 5.63. The summed E-state index contributed by atoms with van der Waals surface area (Å²) in [7, 11) is 0. The molecule has 0 amide bonds. The highest BCUT2D eigenvalue weighted by molar-refractivity contribution is 5.43. The van der Waals surface area contributed by atoms with Gasteiger partial charge < -0.3 is 15.8 Å². The van der Waals surface area contributed by atoms with Gasteiger partial charge in [-0.05, 0) is 25.0 Å². The number of nitrogens with one attached hydrogen (secondary N) is 1. The molecule has 1 aliphatic carbocycles. The Morgan fingerprint density at radius 2 is 2.29 bits per heavy atom. The second-order valence-corrected chi connectivity index (χ2v) is 3.65. The molecular formula is C11H16N2O. The van der Waals surface area contributed by atoms with Crippen LogP contribution in [0.3, 0.4) is 0 Å². The Labute approximate surface area is 84.3 Å². The second-order valence-electron chi connectivity index (χ2n) is 3.65. The summed E-state index contributed by atoms with van der Waals surface area (Å²) in [6, 6.07) is 8.28. The van der Waals surface area contributed by atoms with Gasteiger partial charge in [0, 0.05) is 24.3 Å². The van der Waals surface area contributed by atoms with Crippen LogP contribution < -0.4 is 15.8 Å². The molecule has 0 unspecified atom stereocenters. The van der Waals surface area contributed by atoms with Gasteiger partial charge in [0.1, 0.15) is 12.4 Å². The van der Waals surface area contributed by atoms with E-state index in [1.54, 1.807) is 0 Å². The topological polar surface area (TPSA) is 47.3 Å². The second kappa shape index (κ2) is 4.33. The van der Waals surface area contributed by atoms with Gasteiger partial charge in [-0.25, -0.2) is 0 Å². The van der Waals surface area contributed by atoms with Crippen LogP contribution in [-0.2, 0) is 0 Å². The minimum Gasteiger partial charge on any atom is -0.492 e. The molecule has 0 atom stereocenters. The summed E-state index contributed by atoms with van der Waals surface area (Å²) < 4.78 is 5.52. The first-order chi connectivity index (χ1) is 6.84. The van der Waals surface area contributed by atoms with E-state index >= 15 is 0 Å². The van der Waals surface area contributed by atoms with Crippen LogP contribution in [0.4, 0.5) is 5.69 Å². The van der Waals surface area contributed by atoms with Crippen molar-refractivity contribution < 1.29 is 4.74 Å². The predicted molar refractivity (Wildman–Crippen MR) is 57.4 cm³/mol. The Morgan fingerprint density at radius 3 is 3.00 bits per heavy atom. The van der Waals surface area contributed by atoms with Crippen molar-refractivity contribution >= 4 is 5.69 Å². The number of ether oxygens (including phenoxy) is 1. The van der Waals surface area contributed by atoms with Gasteiger partial charge in [0.15, 0.2) is 0 Å². The van der Waals surface area contributed by atoms with E-state index in [0.29, 0.717) is 6.61 Å². The number of nitrogens with two attached hydrogens (primary N) is 1. The van der Waals surface area contributed by atoms with Crippen molar-refractivity contribution in [2.24, 2.45) is 0 Å². The normalized spacial score (nSPS) is 15.4. The number of anilines is 1. The van der Waals surface area contributed by atoms with Gasteiger partial charge in [0.25, 0.3) is 0 Å². The molecule has 3 heteroatoms. The first kappa shape index (κ1) is 9.34.